The number of hydrogen-bond donors (Lipinski definition) is 1. The van der Waals surface area contributed by atoms with Gasteiger partial charge >= 0.3 is 0 Å². The fourth-order valence-electron chi connectivity index (χ4n) is 3.56. The second kappa shape index (κ2) is 6.53. The van der Waals surface area contributed by atoms with Crippen molar-refractivity contribution in [1.29, 1.82) is 0 Å². The van der Waals surface area contributed by atoms with Gasteiger partial charge in [-0.25, -0.2) is 0 Å². The minimum Gasteiger partial charge on any atom is -0.383 e. The van der Waals surface area contributed by atoms with Crippen molar-refractivity contribution >= 4 is 0 Å². The predicted molar refractivity (Wildman–Crippen MR) is 77.2 cm³/mol. The van der Waals surface area contributed by atoms with Gasteiger partial charge < -0.3 is 15.2 Å². The van der Waals surface area contributed by atoms with Gasteiger partial charge in [0.2, 0.25) is 0 Å². The van der Waals surface area contributed by atoms with E-state index in [1.54, 1.807) is 7.11 Å². The summed E-state index contributed by atoms with van der Waals surface area (Å²) in [7, 11) is 1.78. The zero-order chi connectivity index (χ0) is 13.9. The Balaban J connectivity index is 1.98. The van der Waals surface area contributed by atoms with E-state index in [2.05, 4.69) is 18.7 Å². The Labute approximate surface area is 117 Å². The Bertz CT molecular complexity index is 275. The molecule has 0 amide bonds. The van der Waals surface area contributed by atoms with Crippen LogP contribution in [0.1, 0.15) is 39.5 Å². The summed E-state index contributed by atoms with van der Waals surface area (Å²) in [6.45, 7) is 7.75. The molecule has 0 radical (unpaired) electrons. The fraction of sp³-hybridized carbons (Fsp3) is 1.00. The quantitative estimate of drug-likeness (QED) is 0.692. The van der Waals surface area contributed by atoms with Crippen molar-refractivity contribution in [1.82, 2.24) is 4.90 Å². The molecule has 2 aliphatic carbocycles. The van der Waals surface area contributed by atoms with Gasteiger partial charge in [0.15, 0.2) is 0 Å². The molecule has 1 atom stereocenters. The van der Waals surface area contributed by atoms with Crippen molar-refractivity contribution in [2.45, 2.75) is 57.2 Å². The molecule has 0 bridgehead atoms. The van der Waals surface area contributed by atoms with Crippen LogP contribution in [0.4, 0.5) is 0 Å². The zero-order valence-corrected chi connectivity index (χ0v) is 12.7. The van der Waals surface area contributed by atoms with Crippen LogP contribution >= 0.6 is 0 Å². The van der Waals surface area contributed by atoms with Crippen LogP contribution < -0.4 is 5.73 Å². The third-order valence-corrected chi connectivity index (χ3v) is 4.94. The Morgan fingerprint density at radius 3 is 2.53 bits per heavy atom. The first-order chi connectivity index (χ1) is 9.16. The third-order valence-electron chi connectivity index (χ3n) is 4.94. The van der Waals surface area contributed by atoms with Gasteiger partial charge in [0.05, 0.1) is 12.7 Å². The van der Waals surface area contributed by atoms with E-state index in [1.807, 2.05) is 0 Å². The maximum Gasteiger partial charge on any atom is 0.0611 e. The number of methoxy groups -OCH3 is 1. The first kappa shape index (κ1) is 15.2. The summed E-state index contributed by atoms with van der Waals surface area (Å²) in [5.41, 5.74) is 6.27. The lowest BCUT2D eigenvalue weighted by Crippen LogP contribution is -2.66. The summed E-state index contributed by atoms with van der Waals surface area (Å²) < 4.78 is 11.0. The number of hydrogen-bond acceptors (Lipinski definition) is 4. The van der Waals surface area contributed by atoms with Crippen molar-refractivity contribution in [2.75, 3.05) is 33.4 Å². The maximum atomic E-state index is 6.12. The molecule has 112 valence electrons. The van der Waals surface area contributed by atoms with Crippen LogP contribution in [0, 0.1) is 5.92 Å². The Hall–Kier alpha value is -0.160. The second-order valence-corrected chi connectivity index (χ2v) is 6.18. The third kappa shape index (κ3) is 3.30. The van der Waals surface area contributed by atoms with Gasteiger partial charge in [-0.1, -0.05) is 0 Å². The van der Waals surface area contributed by atoms with Gasteiger partial charge in [0.1, 0.15) is 0 Å². The molecule has 19 heavy (non-hydrogen) atoms. The Morgan fingerprint density at radius 1 is 1.37 bits per heavy atom. The highest BCUT2D eigenvalue weighted by molar-refractivity contribution is 5.07. The van der Waals surface area contributed by atoms with Crippen LogP contribution in [0.3, 0.4) is 0 Å². The van der Waals surface area contributed by atoms with Crippen molar-refractivity contribution < 1.29 is 9.47 Å². The van der Waals surface area contributed by atoms with E-state index >= 15 is 0 Å². The summed E-state index contributed by atoms with van der Waals surface area (Å²) in [4.78, 5) is 2.61. The average molecular weight is 270 g/mol. The van der Waals surface area contributed by atoms with E-state index in [0.29, 0.717) is 12.1 Å². The maximum absolute atomic E-state index is 6.12. The van der Waals surface area contributed by atoms with Gasteiger partial charge in [-0.2, -0.15) is 0 Å². The minimum absolute atomic E-state index is 0.153. The fourth-order valence-corrected chi connectivity index (χ4v) is 3.56. The summed E-state index contributed by atoms with van der Waals surface area (Å²) in [5.74, 6) is 0.867. The first-order valence-electron chi connectivity index (χ1n) is 7.74. The lowest BCUT2D eigenvalue weighted by atomic mass is 9.71. The molecule has 4 nitrogen and oxygen atoms in total. The highest BCUT2D eigenvalue weighted by Gasteiger charge is 2.51. The largest absolute Gasteiger partial charge is 0.383 e. The number of rotatable bonds is 9. The van der Waals surface area contributed by atoms with Gasteiger partial charge in [0, 0.05) is 38.4 Å². The normalized spacial score (nSPS) is 32.4. The van der Waals surface area contributed by atoms with E-state index in [-0.39, 0.29) is 5.54 Å². The van der Waals surface area contributed by atoms with Crippen molar-refractivity contribution in [3.8, 4) is 0 Å². The van der Waals surface area contributed by atoms with Crippen molar-refractivity contribution in [3.05, 3.63) is 0 Å². The minimum atomic E-state index is 0.153. The molecular weight excluding hydrogens is 240 g/mol. The van der Waals surface area contributed by atoms with E-state index in [9.17, 15) is 0 Å². The van der Waals surface area contributed by atoms with Crippen molar-refractivity contribution in [2.24, 2.45) is 11.7 Å². The molecule has 0 saturated heterocycles. The monoisotopic (exact) mass is 270 g/mol. The van der Waals surface area contributed by atoms with Crippen LogP contribution in [-0.2, 0) is 9.47 Å². The molecule has 2 N–H and O–H groups in total. The molecule has 0 aromatic carbocycles. The van der Waals surface area contributed by atoms with Crippen LogP contribution in [0.2, 0.25) is 0 Å². The van der Waals surface area contributed by atoms with E-state index in [4.69, 9.17) is 15.2 Å². The van der Waals surface area contributed by atoms with Gasteiger partial charge in [-0.05, 0) is 45.4 Å². The van der Waals surface area contributed by atoms with Crippen LogP contribution in [0.5, 0.6) is 0 Å². The molecule has 2 rings (SSSR count). The van der Waals surface area contributed by atoms with E-state index < -0.39 is 0 Å². The lowest BCUT2D eigenvalue weighted by molar-refractivity contribution is -0.118. The number of nitrogens with zero attached hydrogens (tertiary/aromatic N) is 1. The van der Waals surface area contributed by atoms with Gasteiger partial charge in [0.25, 0.3) is 0 Å². The zero-order valence-electron chi connectivity index (χ0n) is 12.7. The molecule has 0 aromatic heterocycles. The molecule has 0 aromatic rings. The van der Waals surface area contributed by atoms with E-state index in [1.165, 1.54) is 12.8 Å². The van der Waals surface area contributed by atoms with Crippen LogP contribution in [0.25, 0.3) is 0 Å². The smallest absolute Gasteiger partial charge is 0.0611 e. The second-order valence-electron chi connectivity index (χ2n) is 6.18. The van der Waals surface area contributed by atoms with E-state index in [0.717, 1.165) is 45.1 Å². The summed E-state index contributed by atoms with van der Waals surface area (Å²) >= 11 is 0. The molecule has 2 saturated carbocycles. The molecule has 0 heterocycles. The Kier molecular flexibility index (Phi) is 5.23. The SMILES string of the molecule is CCOC1CC(CN)(N(CCOC)C(C)C2CC2)C1. The number of ether oxygens (including phenoxy) is 2. The average Bonchev–Trinajstić information content (AvgIpc) is 3.19. The molecule has 0 spiro atoms. The first-order valence-corrected chi connectivity index (χ1v) is 7.74. The number of nitrogens with two attached hydrogens (primary N) is 1. The molecule has 0 aliphatic heterocycles. The standard InChI is InChI=1S/C15H30N2O2/c1-4-19-14-9-15(10-14,11-16)17(7-8-18-3)12(2)13-5-6-13/h12-14H,4-11,16H2,1-3H3. The summed E-state index contributed by atoms with van der Waals surface area (Å²) in [5, 5.41) is 0. The highest BCUT2D eigenvalue weighted by atomic mass is 16.5. The molecule has 4 heteroatoms. The molecule has 2 fully saturated rings. The van der Waals surface area contributed by atoms with Crippen LogP contribution in [0.15, 0.2) is 0 Å². The Morgan fingerprint density at radius 2 is 2.05 bits per heavy atom. The predicted octanol–water partition coefficient (Wildman–Crippen LogP) is 1.63. The summed E-state index contributed by atoms with van der Waals surface area (Å²) in [6.07, 6.45) is 5.32. The lowest BCUT2D eigenvalue weighted by Gasteiger charge is -2.55. The summed E-state index contributed by atoms with van der Waals surface area (Å²) in [6, 6.07) is 0.626. The van der Waals surface area contributed by atoms with Crippen LogP contribution in [-0.4, -0.2) is 56.0 Å². The van der Waals surface area contributed by atoms with Gasteiger partial charge in [-0.15, -0.1) is 0 Å². The molecular formula is C15H30N2O2. The highest BCUT2D eigenvalue weighted by Crippen LogP contribution is 2.44. The molecule has 1 unspecified atom stereocenters. The van der Waals surface area contributed by atoms with Gasteiger partial charge in [-0.3, -0.25) is 4.90 Å². The topological polar surface area (TPSA) is 47.7 Å². The van der Waals surface area contributed by atoms with Crippen molar-refractivity contribution in [3.63, 3.8) is 0 Å². The molecule has 2 aliphatic rings.